The second kappa shape index (κ2) is 53.5. The molecule has 0 aliphatic carbocycles. The molecule has 82 heavy (non-hydrogen) atoms. The van der Waals surface area contributed by atoms with Gasteiger partial charge >= 0.3 is 49.6 Å². The molecular weight excluding hydrogens is 1200 g/mol. The largest absolute Gasteiger partial charge is 0.466 e. The molecular formula is C55H144O18Si9. The predicted molar refractivity (Wildman–Crippen MR) is 374 cm³/mol. The lowest BCUT2D eigenvalue weighted by Crippen LogP contribution is -2.52. The first kappa shape index (κ1) is 109. The van der Waals surface area contributed by atoms with Crippen LogP contribution in [-0.2, 0) is 62.8 Å². The molecule has 18 nitrogen and oxygen atoms in total. The summed E-state index contributed by atoms with van der Waals surface area (Å²) < 4.78 is 58.4. The Labute approximate surface area is 518 Å². The van der Waals surface area contributed by atoms with Gasteiger partial charge in [-0.15, -0.1) is 0 Å². The van der Waals surface area contributed by atoms with Gasteiger partial charge in [-0.25, -0.2) is 0 Å². The maximum atomic E-state index is 12.2. The summed E-state index contributed by atoms with van der Waals surface area (Å²) >= 11 is 0. The Bertz CT molecular complexity index is 1430. The number of hydrogen-bond donors (Lipinski definition) is 4. The van der Waals surface area contributed by atoms with E-state index in [0.29, 0.717) is 12.8 Å². The molecule has 0 unspecified atom stereocenters. The fraction of sp³-hybridized carbons (Fsp3) is 0.927. The minimum absolute atomic E-state index is 0. The van der Waals surface area contributed by atoms with Crippen LogP contribution in [0.3, 0.4) is 0 Å². The Morgan fingerprint density at radius 2 is 0.439 bits per heavy atom. The van der Waals surface area contributed by atoms with E-state index in [2.05, 4.69) is 127 Å². The van der Waals surface area contributed by atoms with Gasteiger partial charge in [0.15, 0.2) is 49.9 Å². The highest BCUT2D eigenvalue weighted by atomic mass is 28.5. The van der Waals surface area contributed by atoms with Gasteiger partial charge in [0.2, 0.25) is 0 Å². The van der Waals surface area contributed by atoms with E-state index in [-0.39, 0.29) is 126 Å². The van der Waals surface area contributed by atoms with Gasteiger partial charge in [0.05, 0.1) is 26.4 Å². The molecule has 508 valence electrons. The van der Waals surface area contributed by atoms with Crippen molar-refractivity contribution in [2.24, 2.45) is 0 Å². The molecule has 0 atom stereocenters. The van der Waals surface area contributed by atoms with Gasteiger partial charge in [-0.05, 0) is 206 Å². The van der Waals surface area contributed by atoms with Crippen LogP contribution in [0.15, 0.2) is 0 Å². The molecule has 0 rings (SSSR count). The molecule has 0 radical (unpaired) electrons. The summed E-state index contributed by atoms with van der Waals surface area (Å²) in [6.07, 6.45) is 3.78. The van der Waals surface area contributed by atoms with Crippen molar-refractivity contribution in [3.8, 4) is 0 Å². The number of aliphatic hydroxyl groups excluding tert-OH is 4. The normalized spacial score (nSPS) is 11.6. The molecule has 0 amide bonds. The van der Waals surface area contributed by atoms with E-state index in [4.69, 9.17) is 54.6 Å². The van der Waals surface area contributed by atoms with E-state index >= 15 is 0 Å². The minimum Gasteiger partial charge on any atom is -0.466 e. The van der Waals surface area contributed by atoms with Gasteiger partial charge in [0.1, 0.15) is 12.8 Å². The topological polar surface area (TPSA) is 241 Å². The summed E-state index contributed by atoms with van der Waals surface area (Å²) in [5, 5.41) is 36.2. The summed E-state index contributed by atoms with van der Waals surface area (Å²) in [5.74, 6) is -2.22. The molecule has 0 saturated carbocycles. The molecule has 0 aliphatic heterocycles. The molecule has 0 spiro atoms. The third kappa shape index (κ3) is 66.9. The Morgan fingerprint density at radius 3 is 0.598 bits per heavy atom. The molecule has 0 aromatic rings. The quantitative estimate of drug-likeness (QED) is 0.0148. The van der Waals surface area contributed by atoms with Gasteiger partial charge in [0.25, 0.3) is 0 Å². The fourth-order valence-corrected chi connectivity index (χ4v) is 50.6. The van der Waals surface area contributed by atoms with Crippen LogP contribution >= 0.6 is 0 Å². The van der Waals surface area contributed by atoms with E-state index in [1.165, 1.54) is 0 Å². The SMILES string of the molecule is C.C.C.C.C.C.C.C.C.CCOC(=O)CC(=O)OCC.C[Si](C)(CCCO)O[Si](C)(C)O[Si](C)(C)CCCO.C[Si](C)(CCCO)O[Si](C)(C)O[Si](C)(C)CCCOC(=O)CC(=O)OCCC[Si](C)(C)O[Si](C)(C)O[Si](C)(C)CCCO. The molecule has 4 N–H and O–H groups in total. The van der Waals surface area contributed by atoms with Crippen LogP contribution in [0, 0.1) is 0 Å². The Balaban J connectivity index is -0.000000105. The van der Waals surface area contributed by atoms with Crippen LogP contribution in [-0.4, -0.2) is 173 Å². The van der Waals surface area contributed by atoms with Crippen molar-refractivity contribution in [3.63, 3.8) is 0 Å². The van der Waals surface area contributed by atoms with Crippen molar-refractivity contribution < 1.29 is 83.2 Å². The van der Waals surface area contributed by atoms with Crippen LogP contribution in [0.1, 0.15) is 132 Å². The van der Waals surface area contributed by atoms with Gasteiger partial charge in [-0.2, -0.15) is 0 Å². The Hall–Kier alpha value is -0.568. The van der Waals surface area contributed by atoms with Crippen LogP contribution in [0.4, 0.5) is 0 Å². The third-order valence-electron chi connectivity index (χ3n) is 10.4. The standard InChI is InChI=1S/C27H64O10Si6.C12H32O4Si3.C7H12O4.9CH4/c1-38(2,21-13-17-28)34-42(9,10)36-40(5,6)23-15-19-32-26(30)25-27(31)33-20-16-24-41(7,8)37-43(11,12)35-39(3,4)22-14-18-29;1-17(2,11-7-9-13)15-19(5,6)16-18(3,4)12-8-10-14;1-3-10-6(8)5-7(9)11-4-2;;;;;;;;;/h28-29H,13-25H2,1-12H3;13-14H,7-12H2,1-6H3;3-5H2,1-2H3;9*1H4. The van der Waals surface area contributed by atoms with Crippen molar-refractivity contribution in [2.75, 3.05) is 52.9 Å². The molecule has 0 heterocycles. The Morgan fingerprint density at radius 1 is 0.280 bits per heavy atom. The van der Waals surface area contributed by atoms with Crippen molar-refractivity contribution in [1.29, 1.82) is 0 Å². The van der Waals surface area contributed by atoms with E-state index in [1.54, 1.807) is 13.8 Å². The molecule has 0 aliphatic rings. The lowest BCUT2D eigenvalue weighted by molar-refractivity contribution is -0.156. The lowest BCUT2D eigenvalue weighted by Gasteiger charge is -2.38. The molecule has 0 fully saturated rings. The van der Waals surface area contributed by atoms with Crippen LogP contribution < -0.4 is 0 Å². The second-order valence-electron chi connectivity index (χ2n) is 23.3. The summed E-state index contributed by atoms with van der Waals surface area (Å²) in [4.78, 5) is 45.6. The molecule has 0 aromatic heterocycles. The zero-order valence-corrected chi connectivity index (χ0v) is 58.6. The summed E-state index contributed by atoms with van der Waals surface area (Å²) in [5.41, 5.74) is 0. The van der Waals surface area contributed by atoms with Crippen LogP contribution in [0.2, 0.25) is 154 Å². The summed E-state index contributed by atoms with van der Waals surface area (Å²) in [6.45, 7) is 43.9. The highest BCUT2D eigenvalue weighted by molar-refractivity contribution is 6.89. The second-order valence-corrected chi connectivity index (χ2v) is 60.7. The average Bonchev–Trinajstić information content (AvgIpc) is 3.19. The summed E-state index contributed by atoms with van der Waals surface area (Å²) in [6, 6.07) is 5.39. The zero-order chi connectivity index (χ0) is 57.4. The third-order valence-corrected chi connectivity index (χ3v) is 44.8. The first-order valence-corrected chi connectivity index (χ1v) is 53.6. The molecule has 0 bridgehead atoms. The van der Waals surface area contributed by atoms with Gasteiger partial charge in [-0.3, -0.25) is 19.2 Å². The van der Waals surface area contributed by atoms with E-state index < -0.39 is 106 Å². The van der Waals surface area contributed by atoms with Crippen molar-refractivity contribution >= 4 is 99.5 Å². The smallest absolute Gasteiger partial charge is 0.317 e. The fourth-order valence-electron chi connectivity index (χ4n) is 8.51. The highest BCUT2D eigenvalue weighted by Gasteiger charge is 2.42. The highest BCUT2D eigenvalue weighted by Crippen LogP contribution is 2.29. The van der Waals surface area contributed by atoms with Crippen molar-refractivity contribution in [3.05, 3.63) is 0 Å². The average molecular weight is 1350 g/mol. The minimum atomic E-state index is -2.33. The van der Waals surface area contributed by atoms with Crippen LogP contribution in [0.5, 0.6) is 0 Å². The molecule has 0 saturated heterocycles. The number of carbonyl (C=O) groups is 4. The number of hydrogen-bond acceptors (Lipinski definition) is 18. The zero-order valence-electron chi connectivity index (χ0n) is 49.6. The number of esters is 4. The van der Waals surface area contributed by atoms with E-state index in [1.807, 2.05) is 0 Å². The number of aliphatic hydroxyl groups is 4. The predicted octanol–water partition coefficient (Wildman–Crippen LogP) is 15.4. The van der Waals surface area contributed by atoms with Gasteiger partial charge < -0.3 is 64.1 Å². The monoisotopic (exact) mass is 1340 g/mol. The molecule has 0 aromatic carbocycles. The maximum Gasteiger partial charge on any atom is 0.317 e. The lowest BCUT2D eigenvalue weighted by atomic mass is 10.4. The summed E-state index contributed by atoms with van der Waals surface area (Å²) in [7, 11) is -18.1. The maximum absolute atomic E-state index is 12.2. The first-order chi connectivity index (χ1) is 33.2. The number of carbonyl (C=O) groups excluding carboxylic acids is 4. The van der Waals surface area contributed by atoms with Gasteiger partial charge in [0, 0.05) is 26.4 Å². The van der Waals surface area contributed by atoms with Crippen LogP contribution in [0.25, 0.3) is 0 Å². The first-order valence-electron chi connectivity index (χ1n) is 26.5. The number of ether oxygens (including phenoxy) is 4. The Kier molecular flexibility index (Phi) is 71.2. The van der Waals surface area contributed by atoms with Crippen molar-refractivity contribution in [1.82, 2.24) is 0 Å². The molecule has 27 heteroatoms. The van der Waals surface area contributed by atoms with Crippen molar-refractivity contribution in [2.45, 2.75) is 286 Å². The van der Waals surface area contributed by atoms with E-state index in [9.17, 15) is 19.2 Å². The van der Waals surface area contributed by atoms with Gasteiger partial charge in [-0.1, -0.05) is 66.8 Å². The number of rotatable bonds is 38. The van der Waals surface area contributed by atoms with E-state index in [0.717, 1.165) is 61.9 Å².